The molecule has 0 bridgehead atoms. The molecule has 0 amide bonds. The number of fused-ring (bicyclic) bond motifs is 1. The van der Waals surface area contributed by atoms with E-state index in [4.69, 9.17) is 21.1 Å². The van der Waals surface area contributed by atoms with Gasteiger partial charge in [0.2, 0.25) is 5.88 Å². The molecule has 0 spiro atoms. The zero-order valence-corrected chi connectivity index (χ0v) is 15.2. The molecular weight excluding hydrogens is 360 g/mol. The zero-order valence-electron chi connectivity index (χ0n) is 13.6. The average molecular weight is 375 g/mol. The normalized spacial score (nSPS) is 12.0. The number of carbonyl (C=O) groups excluding carboxylic acids is 1. The maximum Gasteiger partial charge on any atom is 0.318 e. The first-order chi connectivity index (χ1) is 12.0. The van der Waals surface area contributed by atoms with Gasteiger partial charge in [-0.3, -0.25) is 4.79 Å². The predicted molar refractivity (Wildman–Crippen MR) is 98.4 cm³/mol. The number of thioether (sulfide) groups is 1. The molecule has 3 aromatic rings. The third kappa shape index (κ3) is 4.41. The van der Waals surface area contributed by atoms with Gasteiger partial charge in [-0.05, 0) is 49.4 Å². The largest absolute Gasteiger partial charge is 0.468 e. The summed E-state index contributed by atoms with van der Waals surface area (Å²) in [7, 11) is 1.38. The van der Waals surface area contributed by atoms with Crippen molar-refractivity contribution < 1.29 is 14.3 Å². The summed E-state index contributed by atoms with van der Waals surface area (Å²) in [6.45, 7) is 1.80. The zero-order chi connectivity index (χ0) is 17.8. The van der Waals surface area contributed by atoms with Gasteiger partial charge in [-0.2, -0.15) is 0 Å². The quantitative estimate of drug-likeness (QED) is 0.475. The molecule has 1 unspecified atom stereocenters. The number of aromatic nitrogens is 2. The first kappa shape index (κ1) is 17.5. The van der Waals surface area contributed by atoms with Crippen LogP contribution >= 0.6 is 23.4 Å². The second kappa shape index (κ2) is 7.72. The Labute approximate surface area is 154 Å². The van der Waals surface area contributed by atoms with Crippen LogP contribution in [-0.2, 0) is 9.53 Å². The predicted octanol–water partition coefficient (Wildman–Crippen LogP) is 4.73. The van der Waals surface area contributed by atoms with Gasteiger partial charge in [-0.25, -0.2) is 9.97 Å². The summed E-state index contributed by atoms with van der Waals surface area (Å²) in [5.41, 5.74) is 1.42. The molecule has 0 aliphatic rings. The minimum absolute atomic E-state index is 0.254. The highest BCUT2D eigenvalue weighted by molar-refractivity contribution is 8.00. The molecule has 0 radical (unpaired) electrons. The maximum atomic E-state index is 11.5. The third-order valence-electron chi connectivity index (χ3n) is 3.37. The minimum Gasteiger partial charge on any atom is -0.468 e. The molecule has 2 aromatic carbocycles. The molecule has 0 fully saturated rings. The molecule has 3 rings (SSSR count). The van der Waals surface area contributed by atoms with Crippen molar-refractivity contribution in [1.82, 2.24) is 9.97 Å². The third-order valence-corrected chi connectivity index (χ3v) is 4.70. The van der Waals surface area contributed by atoms with E-state index in [1.807, 2.05) is 30.3 Å². The lowest BCUT2D eigenvalue weighted by Crippen LogP contribution is -2.14. The lowest BCUT2D eigenvalue weighted by Gasteiger charge is -2.09. The number of halogens is 1. The number of hydrogen-bond acceptors (Lipinski definition) is 6. The van der Waals surface area contributed by atoms with E-state index in [0.717, 1.165) is 10.4 Å². The summed E-state index contributed by atoms with van der Waals surface area (Å²) in [6, 6.07) is 12.7. The number of ether oxygens (including phenoxy) is 2. The Morgan fingerprint density at radius 2 is 1.92 bits per heavy atom. The minimum atomic E-state index is -0.270. The van der Waals surface area contributed by atoms with Crippen molar-refractivity contribution in [3.8, 4) is 11.6 Å². The number of carbonyl (C=O) groups is 1. The van der Waals surface area contributed by atoms with E-state index >= 15 is 0 Å². The highest BCUT2D eigenvalue weighted by Crippen LogP contribution is 2.28. The molecule has 7 heteroatoms. The molecular formula is C18H15ClN2O3S. The van der Waals surface area contributed by atoms with Crippen molar-refractivity contribution >= 4 is 40.4 Å². The molecule has 0 aliphatic carbocycles. The SMILES string of the molecule is COC(=O)C(C)Sc1ccc(Oc2cnc3ccc(Cl)cc3n2)cc1. The Kier molecular flexibility index (Phi) is 5.40. The fourth-order valence-electron chi connectivity index (χ4n) is 2.14. The van der Waals surface area contributed by atoms with Gasteiger partial charge in [-0.15, -0.1) is 11.8 Å². The van der Waals surface area contributed by atoms with Crippen LogP contribution in [0.1, 0.15) is 6.92 Å². The highest BCUT2D eigenvalue weighted by atomic mass is 35.5. The maximum absolute atomic E-state index is 11.5. The molecule has 0 saturated carbocycles. The summed E-state index contributed by atoms with van der Waals surface area (Å²) in [4.78, 5) is 21.1. The van der Waals surface area contributed by atoms with Crippen molar-refractivity contribution in [2.24, 2.45) is 0 Å². The average Bonchev–Trinajstić information content (AvgIpc) is 2.62. The van der Waals surface area contributed by atoms with Gasteiger partial charge in [0.1, 0.15) is 11.0 Å². The van der Waals surface area contributed by atoms with Gasteiger partial charge in [0.05, 0.1) is 24.3 Å². The van der Waals surface area contributed by atoms with Gasteiger partial charge < -0.3 is 9.47 Å². The van der Waals surface area contributed by atoms with E-state index in [2.05, 4.69) is 9.97 Å². The topological polar surface area (TPSA) is 61.3 Å². The Balaban J connectivity index is 1.72. The molecule has 1 atom stereocenters. The Morgan fingerprint density at radius 1 is 1.16 bits per heavy atom. The molecule has 1 heterocycles. The molecule has 5 nitrogen and oxygen atoms in total. The van der Waals surface area contributed by atoms with Crippen LogP contribution < -0.4 is 4.74 Å². The van der Waals surface area contributed by atoms with Crippen LogP contribution in [0.15, 0.2) is 53.6 Å². The van der Waals surface area contributed by atoms with Gasteiger partial charge in [0, 0.05) is 9.92 Å². The van der Waals surface area contributed by atoms with Crippen LogP contribution in [0.5, 0.6) is 11.6 Å². The van der Waals surface area contributed by atoms with Gasteiger partial charge >= 0.3 is 5.97 Å². The Morgan fingerprint density at radius 3 is 2.64 bits per heavy atom. The molecule has 0 saturated heterocycles. The number of nitrogens with zero attached hydrogens (tertiary/aromatic N) is 2. The van der Waals surface area contributed by atoms with Crippen LogP contribution in [0.25, 0.3) is 11.0 Å². The lowest BCUT2D eigenvalue weighted by atomic mass is 10.3. The second-order valence-corrected chi connectivity index (χ2v) is 7.05. The fourth-order valence-corrected chi connectivity index (χ4v) is 3.20. The van der Waals surface area contributed by atoms with E-state index in [1.54, 1.807) is 25.3 Å². The summed E-state index contributed by atoms with van der Waals surface area (Å²) < 4.78 is 10.5. The summed E-state index contributed by atoms with van der Waals surface area (Å²) in [6.07, 6.45) is 1.57. The fraction of sp³-hybridized carbons (Fsp3) is 0.167. The summed E-state index contributed by atoms with van der Waals surface area (Å²) in [5, 5.41) is 0.327. The second-order valence-electron chi connectivity index (χ2n) is 5.20. The summed E-state index contributed by atoms with van der Waals surface area (Å²) in [5.74, 6) is 0.763. The van der Waals surface area contributed by atoms with Crippen molar-refractivity contribution in [2.75, 3.05) is 7.11 Å². The highest BCUT2D eigenvalue weighted by Gasteiger charge is 2.14. The van der Waals surface area contributed by atoms with Gasteiger partial charge in [0.25, 0.3) is 0 Å². The smallest absolute Gasteiger partial charge is 0.318 e. The van der Waals surface area contributed by atoms with E-state index < -0.39 is 0 Å². The van der Waals surface area contributed by atoms with Crippen LogP contribution in [0, 0.1) is 0 Å². The van der Waals surface area contributed by atoms with Gasteiger partial charge in [0.15, 0.2) is 0 Å². The van der Waals surface area contributed by atoms with Crippen molar-refractivity contribution in [2.45, 2.75) is 17.1 Å². The van der Waals surface area contributed by atoms with Crippen LogP contribution in [-0.4, -0.2) is 28.3 Å². The first-order valence-corrected chi connectivity index (χ1v) is 8.75. The van der Waals surface area contributed by atoms with E-state index in [9.17, 15) is 4.79 Å². The standard InChI is InChI=1S/C18H15ClN2O3S/c1-11(18(22)23-2)25-14-6-4-13(5-7-14)24-17-10-20-15-8-3-12(19)9-16(15)21-17/h3-11H,1-2H3. The molecule has 0 N–H and O–H groups in total. The number of methoxy groups -OCH3 is 1. The van der Waals surface area contributed by atoms with Crippen molar-refractivity contribution in [1.29, 1.82) is 0 Å². The number of rotatable bonds is 5. The van der Waals surface area contributed by atoms with Gasteiger partial charge in [-0.1, -0.05) is 11.6 Å². The first-order valence-electron chi connectivity index (χ1n) is 7.50. The number of esters is 1. The molecule has 0 aliphatic heterocycles. The lowest BCUT2D eigenvalue weighted by molar-refractivity contribution is -0.139. The van der Waals surface area contributed by atoms with Crippen LogP contribution in [0.2, 0.25) is 5.02 Å². The summed E-state index contributed by atoms with van der Waals surface area (Å²) >= 11 is 7.40. The molecule has 1 aromatic heterocycles. The van der Waals surface area contributed by atoms with Crippen molar-refractivity contribution in [3.63, 3.8) is 0 Å². The molecule has 25 heavy (non-hydrogen) atoms. The van der Waals surface area contributed by atoms with E-state index in [1.165, 1.54) is 18.9 Å². The number of hydrogen-bond donors (Lipinski definition) is 0. The van der Waals surface area contributed by atoms with E-state index in [0.29, 0.717) is 22.2 Å². The molecule has 128 valence electrons. The van der Waals surface area contributed by atoms with Crippen LogP contribution in [0.3, 0.4) is 0 Å². The Bertz CT molecular complexity index is 902. The van der Waals surface area contributed by atoms with Crippen molar-refractivity contribution in [3.05, 3.63) is 53.7 Å². The monoisotopic (exact) mass is 374 g/mol. The van der Waals surface area contributed by atoms with E-state index in [-0.39, 0.29) is 11.2 Å². The van der Waals surface area contributed by atoms with Crippen LogP contribution in [0.4, 0.5) is 0 Å². The Hall–Kier alpha value is -2.31. The number of benzene rings is 2.